The fourth-order valence-corrected chi connectivity index (χ4v) is 3.04. The van der Waals surface area contributed by atoms with E-state index in [4.69, 9.17) is 0 Å². The first kappa shape index (κ1) is 17.1. The van der Waals surface area contributed by atoms with Crippen molar-refractivity contribution in [3.63, 3.8) is 0 Å². The molecule has 0 unspecified atom stereocenters. The highest BCUT2D eigenvalue weighted by Crippen LogP contribution is 2.31. The molecular formula is C23H26N2. The highest BCUT2D eigenvalue weighted by molar-refractivity contribution is 5.86. The molecule has 2 heteroatoms. The van der Waals surface area contributed by atoms with Gasteiger partial charge in [0.05, 0.1) is 0 Å². The molecule has 0 aliphatic heterocycles. The lowest BCUT2D eigenvalue weighted by molar-refractivity contribution is 1.13. The summed E-state index contributed by atoms with van der Waals surface area (Å²) in [6.45, 7) is 0. The molecule has 0 saturated carbocycles. The van der Waals surface area contributed by atoms with Gasteiger partial charge in [0.1, 0.15) is 0 Å². The normalized spacial score (nSPS) is 13.0. The van der Waals surface area contributed by atoms with Crippen LogP contribution in [0.25, 0.3) is 5.57 Å². The van der Waals surface area contributed by atoms with Crippen molar-refractivity contribution >= 4 is 16.9 Å². The van der Waals surface area contributed by atoms with Crippen molar-refractivity contribution in [3.8, 4) is 0 Å². The van der Waals surface area contributed by atoms with Crippen LogP contribution in [-0.4, -0.2) is 28.2 Å². The molecule has 0 spiro atoms. The van der Waals surface area contributed by atoms with Gasteiger partial charge in [-0.3, -0.25) is 0 Å². The van der Waals surface area contributed by atoms with E-state index in [0.717, 1.165) is 6.42 Å². The van der Waals surface area contributed by atoms with Crippen molar-refractivity contribution in [2.75, 3.05) is 38.0 Å². The second-order valence-corrected chi connectivity index (χ2v) is 6.75. The Bertz CT molecular complexity index is 737. The highest BCUT2D eigenvalue weighted by atomic mass is 15.1. The summed E-state index contributed by atoms with van der Waals surface area (Å²) in [5.41, 5.74) is 7.46. The molecule has 1 aliphatic rings. The van der Waals surface area contributed by atoms with E-state index in [9.17, 15) is 0 Å². The molecule has 0 aromatic heterocycles. The third kappa shape index (κ3) is 3.85. The van der Waals surface area contributed by atoms with Crippen molar-refractivity contribution in [1.29, 1.82) is 0 Å². The van der Waals surface area contributed by atoms with Crippen LogP contribution in [0.2, 0.25) is 0 Å². The van der Waals surface area contributed by atoms with Crippen molar-refractivity contribution < 1.29 is 0 Å². The van der Waals surface area contributed by atoms with E-state index in [0.29, 0.717) is 0 Å². The van der Waals surface area contributed by atoms with Gasteiger partial charge >= 0.3 is 0 Å². The number of allylic oxidation sites excluding steroid dienone is 5. The van der Waals surface area contributed by atoms with E-state index in [1.807, 2.05) is 0 Å². The second kappa shape index (κ2) is 7.43. The van der Waals surface area contributed by atoms with Gasteiger partial charge in [0.15, 0.2) is 0 Å². The van der Waals surface area contributed by atoms with Crippen LogP contribution < -0.4 is 9.80 Å². The molecule has 2 aromatic carbocycles. The Morgan fingerprint density at radius 2 is 1.04 bits per heavy atom. The molecule has 0 amide bonds. The minimum absolute atomic E-state index is 1.01. The lowest BCUT2D eigenvalue weighted by Gasteiger charge is -2.18. The third-order valence-corrected chi connectivity index (χ3v) is 4.50. The Hall–Kier alpha value is -2.74. The van der Waals surface area contributed by atoms with Crippen LogP contribution in [0.15, 0.2) is 78.4 Å². The van der Waals surface area contributed by atoms with Crippen LogP contribution in [0.1, 0.15) is 17.5 Å². The standard InChI is InChI=1S/C23H26N2/c1-24(2)21-14-10-19(11-15-21)23(18-8-6-5-7-9-18)20-12-16-22(17-13-20)25(3)4/h6-17H,5H2,1-4H3. The van der Waals surface area contributed by atoms with Crippen LogP contribution >= 0.6 is 0 Å². The molecule has 2 nitrogen and oxygen atoms in total. The summed E-state index contributed by atoms with van der Waals surface area (Å²) >= 11 is 0. The average molecular weight is 330 g/mol. The lowest BCUT2D eigenvalue weighted by atomic mass is 9.91. The van der Waals surface area contributed by atoms with E-state index in [1.54, 1.807) is 0 Å². The topological polar surface area (TPSA) is 6.48 Å². The molecule has 0 heterocycles. The lowest BCUT2D eigenvalue weighted by Crippen LogP contribution is -2.08. The first-order chi connectivity index (χ1) is 12.1. The predicted molar refractivity (Wildman–Crippen MR) is 110 cm³/mol. The summed E-state index contributed by atoms with van der Waals surface area (Å²) in [5.74, 6) is 0. The Balaban J connectivity index is 2.09. The van der Waals surface area contributed by atoms with E-state index in [1.165, 1.54) is 33.6 Å². The van der Waals surface area contributed by atoms with Crippen LogP contribution in [0, 0.1) is 0 Å². The molecule has 128 valence electrons. The maximum Gasteiger partial charge on any atom is 0.0361 e. The average Bonchev–Trinajstić information content (AvgIpc) is 2.64. The zero-order valence-electron chi connectivity index (χ0n) is 15.5. The molecule has 0 N–H and O–H groups in total. The number of benzene rings is 2. The van der Waals surface area contributed by atoms with Crippen molar-refractivity contribution in [3.05, 3.63) is 89.5 Å². The van der Waals surface area contributed by atoms with E-state index >= 15 is 0 Å². The Morgan fingerprint density at radius 1 is 0.640 bits per heavy atom. The first-order valence-electron chi connectivity index (χ1n) is 8.69. The van der Waals surface area contributed by atoms with Crippen LogP contribution in [0.4, 0.5) is 11.4 Å². The molecule has 1 aliphatic carbocycles. The minimum Gasteiger partial charge on any atom is -0.378 e. The Labute approximate surface area is 151 Å². The zero-order chi connectivity index (χ0) is 17.8. The van der Waals surface area contributed by atoms with Crippen LogP contribution in [0.3, 0.4) is 0 Å². The molecule has 0 atom stereocenters. The van der Waals surface area contributed by atoms with E-state index in [2.05, 4.69) is 111 Å². The quantitative estimate of drug-likeness (QED) is 0.766. The number of hydrogen-bond acceptors (Lipinski definition) is 2. The maximum atomic E-state index is 2.23. The molecule has 25 heavy (non-hydrogen) atoms. The Morgan fingerprint density at radius 3 is 1.40 bits per heavy atom. The van der Waals surface area contributed by atoms with E-state index < -0.39 is 0 Å². The SMILES string of the molecule is CN(C)c1ccc(C(=C2C=CCC=C2)c2ccc(N(C)C)cc2)cc1. The maximum absolute atomic E-state index is 2.23. The fourth-order valence-electron chi connectivity index (χ4n) is 3.04. The number of rotatable bonds is 4. The van der Waals surface area contributed by atoms with Gasteiger partial charge in [-0.25, -0.2) is 0 Å². The largest absolute Gasteiger partial charge is 0.378 e. The molecule has 0 radical (unpaired) electrons. The summed E-state index contributed by atoms with van der Waals surface area (Å²) in [6.07, 6.45) is 9.91. The number of anilines is 2. The highest BCUT2D eigenvalue weighted by Gasteiger charge is 2.11. The predicted octanol–water partition coefficient (Wildman–Crippen LogP) is 5.14. The third-order valence-electron chi connectivity index (χ3n) is 4.50. The van der Waals surface area contributed by atoms with Crippen molar-refractivity contribution in [2.24, 2.45) is 0 Å². The smallest absolute Gasteiger partial charge is 0.0361 e. The number of nitrogens with zero attached hydrogens (tertiary/aromatic N) is 2. The van der Waals surface area contributed by atoms with Gasteiger partial charge in [-0.2, -0.15) is 0 Å². The van der Waals surface area contributed by atoms with Gasteiger partial charge in [0.2, 0.25) is 0 Å². The van der Waals surface area contributed by atoms with Gasteiger partial charge in [-0.05, 0) is 53.0 Å². The van der Waals surface area contributed by atoms with Crippen LogP contribution in [-0.2, 0) is 0 Å². The van der Waals surface area contributed by atoms with Crippen LogP contribution in [0.5, 0.6) is 0 Å². The summed E-state index contributed by atoms with van der Waals surface area (Å²) in [6, 6.07) is 17.6. The molecule has 0 bridgehead atoms. The van der Waals surface area contributed by atoms with Crippen molar-refractivity contribution in [1.82, 2.24) is 0 Å². The van der Waals surface area contributed by atoms with Gasteiger partial charge in [-0.1, -0.05) is 48.6 Å². The fraction of sp³-hybridized carbons (Fsp3) is 0.217. The second-order valence-electron chi connectivity index (χ2n) is 6.75. The zero-order valence-corrected chi connectivity index (χ0v) is 15.5. The van der Waals surface area contributed by atoms with Gasteiger partial charge in [0, 0.05) is 39.6 Å². The summed E-state index contributed by atoms with van der Waals surface area (Å²) in [7, 11) is 8.28. The molecule has 0 saturated heterocycles. The first-order valence-corrected chi connectivity index (χ1v) is 8.69. The molecule has 0 fully saturated rings. The summed E-state index contributed by atoms with van der Waals surface area (Å²) in [4.78, 5) is 4.26. The van der Waals surface area contributed by atoms with Gasteiger partial charge < -0.3 is 9.80 Å². The van der Waals surface area contributed by atoms with Crippen molar-refractivity contribution in [2.45, 2.75) is 6.42 Å². The van der Waals surface area contributed by atoms with Gasteiger partial charge in [-0.15, -0.1) is 0 Å². The van der Waals surface area contributed by atoms with E-state index in [-0.39, 0.29) is 0 Å². The molecular weight excluding hydrogens is 304 g/mol. The summed E-state index contributed by atoms with van der Waals surface area (Å²) < 4.78 is 0. The molecule has 3 rings (SSSR count). The summed E-state index contributed by atoms with van der Waals surface area (Å²) in [5, 5.41) is 0. The minimum atomic E-state index is 1.01. The van der Waals surface area contributed by atoms with Gasteiger partial charge in [0.25, 0.3) is 0 Å². The monoisotopic (exact) mass is 330 g/mol. The number of hydrogen-bond donors (Lipinski definition) is 0. The Kier molecular flexibility index (Phi) is 5.08. The molecule has 2 aromatic rings.